The Labute approximate surface area is 42.0 Å². The first-order valence-corrected chi connectivity index (χ1v) is 1.21. The summed E-state index contributed by atoms with van der Waals surface area (Å²) in [4.78, 5) is 0. The van der Waals surface area contributed by atoms with Crippen LogP contribution in [0.15, 0.2) is 0 Å². The van der Waals surface area contributed by atoms with Gasteiger partial charge in [0.15, 0.2) is 0 Å². The third kappa shape index (κ3) is 8.90. The van der Waals surface area contributed by atoms with Gasteiger partial charge in [0.05, 0.1) is 0 Å². The van der Waals surface area contributed by atoms with Crippen LogP contribution in [0.2, 0.25) is 0 Å². The van der Waals surface area contributed by atoms with Crippen LogP contribution in [0.1, 0.15) is 0 Å². The highest BCUT2D eigenvalue weighted by atomic mass is 35.5. The molecule has 2 N–H and O–H groups in total. The maximum Gasteiger partial charge on any atom is 0.146 e. The van der Waals surface area contributed by atoms with Crippen molar-refractivity contribution in [3.63, 3.8) is 0 Å². The van der Waals surface area contributed by atoms with Gasteiger partial charge in [-0.3, -0.25) is 0 Å². The van der Waals surface area contributed by atoms with Gasteiger partial charge in [-0.1, -0.05) is 0 Å². The average Bonchev–Trinajstić information content (AvgIpc) is 1.41. The van der Waals surface area contributed by atoms with Crippen molar-refractivity contribution in [3.8, 4) is 0 Å². The highest BCUT2D eigenvalue weighted by molar-refractivity contribution is 5.85. The fourth-order valence-electron chi connectivity index (χ4n) is 0.0408. The minimum absolute atomic E-state index is 0. The molecule has 0 aliphatic heterocycles. The van der Waals surface area contributed by atoms with Crippen molar-refractivity contribution < 1.29 is 14.9 Å². The minimum Gasteiger partial charge on any atom is -0.371 e. The van der Waals surface area contributed by atoms with Crippen molar-refractivity contribution in [2.24, 2.45) is 0 Å². The van der Waals surface area contributed by atoms with E-state index in [-0.39, 0.29) is 12.4 Å². The molecule has 6 heavy (non-hydrogen) atoms. The van der Waals surface area contributed by atoms with E-state index in [2.05, 4.69) is 4.74 Å². The van der Waals surface area contributed by atoms with E-state index in [1.807, 2.05) is 0 Å². The summed E-state index contributed by atoms with van der Waals surface area (Å²) in [6.45, 7) is -0.812. The molecule has 0 unspecified atom stereocenters. The molecule has 0 saturated heterocycles. The average molecular weight is 115 g/mol. The zero-order valence-corrected chi connectivity index (χ0v) is 3.94. The predicted molar refractivity (Wildman–Crippen MR) is 22.5 cm³/mol. The molecule has 0 fully saturated rings. The van der Waals surface area contributed by atoms with Crippen LogP contribution in [0.3, 0.4) is 0 Å². The predicted octanol–water partition coefficient (Wildman–Crippen LogP) is -0.676. The molecule has 40 valence electrons. The van der Waals surface area contributed by atoms with Crippen molar-refractivity contribution in [3.05, 3.63) is 0 Å². The van der Waals surface area contributed by atoms with E-state index in [9.17, 15) is 0 Å². The Balaban J connectivity index is 0. The van der Waals surface area contributed by atoms with Gasteiger partial charge in [-0.2, -0.15) is 0 Å². The van der Waals surface area contributed by atoms with Gasteiger partial charge in [0.2, 0.25) is 0 Å². The zero-order chi connectivity index (χ0) is 4.12. The molecule has 0 heterocycles. The maximum absolute atomic E-state index is 7.68. The van der Waals surface area contributed by atoms with Gasteiger partial charge < -0.3 is 14.9 Å². The van der Waals surface area contributed by atoms with Crippen molar-refractivity contribution in [2.75, 3.05) is 13.6 Å². The fraction of sp³-hybridized carbons (Fsp3) is 1.00. The fourth-order valence-corrected chi connectivity index (χ4v) is 0.0408. The molecule has 0 radical (unpaired) electrons. The van der Waals surface area contributed by atoms with Gasteiger partial charge in [-0.25, -0.2) is 0 Å². The summed E-state index contributed by atoms with van der Waals surface area (Å²) < 4.78 is 3.94. The number of hydrogen-bond acceptors (Lipinski definition) is 3. The van der Waals surface area contributed by atoms with Crippen molar-refractivity contribution in [1.82, 2.24) is 0 Å². The van der Waals surface area contributed by atoms with E-state index in [0.717, 1.165) is 0 Å². The summed E-state index contributed by atoms with van der Waals surface area (Å²) in [5, 5.41) is 15.4. The molecule has 0 rings (SSSR count). The van der Waals surface area contributed by atoms with E-state index >= 15 is 0 Å². The Morgan fingerprint density at radius 3 is 1.50 bits per heavy atom. The Bertz CT molecular complexity index is 16.3. The van der Waals surface area contributed by atoms with E-state index in [1.54, 1.807) is 0 Å². The largest absolute Gasteiger partial charge is 0.371 e. The van der Waals surface area contributed by atoms with Gasteiger partial charge in [0, 0.05) is 0 Å². The summed E-state index contributed by atoms with van der Waals surface area (Å²) in [7, 11) is 0. The summed E-state index contributed by atoms with van der Waals surface area (Å²) in [5.74, 6) is 0. The lowest BCUT2D eigenvalue weighted by atomic mass is 11.4. The van der Waals surface area contributed by atoms with Gasteiger partial charge in [0.1, 0.15) is 13.6 Å². The van der Waals surface area contributed by atoms with Gasteiger partial charge >= 0.3 is 0 Å². The molecule has 0 aromatic rings. The van der Waals surface area contributed by atoms with Crippen LogP contribution in [0.5, 0.6) is 0 Å². The molecule has 3 nitrogen and oxygen atoms in total. The highest BCUT2D eigenvalue weighted by Crippen LogP contribution is 1.56. The SMILES string of the molecule is Cl.OCOCO. The Kier molecular flexibility index (Phi) is 14.1. The quantitative estimate of drug-likeness (QED) is 0.468. The summed E-state index contributed by atoms with van der Waals surface area (Å²) in [6, 6.07) is 0. The third-order valence-corrected chi connectivity index (χ3v) is 0.183. The third-order valence-electron chi connectivity index (χ3n) is 0.183. The van der Waals surface area contributed by atoms with Crippen LogP contribution in [-0.2, 0) is 4.74 Å². The molecule has 0 aliphatic carbocycles. The van der Waals surface area contributed by atoms with Crippen LogP contribution < -0.4 is 0 Å². The monoisotopic (exact) mass is 114 g/mol. The summed E-state index contributed by atoms with van der Waals surface area (Å²) in [6.07, 6.45) is 0. The van der Waals surface area contributed by atoms with Crippen LogP contribution >= 0.6 is 12.4 Å². The van der Waals surface area contributed by atoms with Gasteiger partial charge in [-0.05, 0) is 0 Å². The number of aliphatic hydroxyl groups is 2. The summed E-state index contributed by atoms with van der Waals surface area (Å²) >= 11 is 0. The van der Waals surface area contributed by atoms with E-state index in [0.29, 0.717) is 0 Å². The highest BCUT2D eigenvalue weighted by Gasteiger charge is 1.65. The van der Waals surface area contributed by atoms with Crippen LogP contribution in [0.4, 0.5) is 0 Å². The number of rotatable bonds is 2. The van der Waals surface area contributed by atoms with Crippen LogP contribution in [0.25, 0.3) is 0 Å². The zero-order valence-electron chi connectivity index (χ0n) is 3.13. The Hall–Kier alpha value is 0.170. The molecule has 0 saturated carbocycles. The van der Waals surface area contributed by atoms with Crippen molar-refractivity contribution in [2.45, 2.75) is 0 Å². The maximum atomic E-state index is 7.68. The lowest BCUT2D eigenvalue weighted by Crippen LogP contribution is -1.91. The standard InChI is InChI=1S/C2H6O3.ClH/c3-1-5-2-4;/h3-4H,1-2H2;1H. The summed E-state index contributed by atoms with van der Waals surface area (Å²) in [5.41, 5.74) is 0. The second-order valence-corrected chi connectivity index (χ2v) is 0.462. The van der Waals surface area contributed by atoms with E-state index in [4.69, 9.17) is 10.2 Å². The molecule has 0 aliphatic rings. The molecule has 0 spiro atoms. The number of hydrogen-bond donors (Lipinski definition) is 2. The lowest BCUT2D eigenvalue weighted by Gasteiger charge is -1.85. The topological polar surface area (TPSA) is 49.7 Å². The van der Waals surface area contributed by atoms with Crippen molar-refractivity contribution >= 4 is 12.4 Å². The Morgan fingerprint density at radius 2 is 1.50 bits per heavy atom. The van der Waals surface area contributed by atoms with Crippen molar-refractivity contribution in [1.29, 1.82) is 0 Å². The molecule has 0 amide bonds. The molecule has 0 aromatic carbocycles. The van der Waals surface area contributed by atoms with E-state index in [1.165, 1.54) is 0 Å². The molecule has 4 heteroatoms. The normalized spacial score (nSPS) is 7.00. The molecular weight excluding hydrogens is 107 g/mol. The lowest BCUT2D eigenvalue weighted by molar-refractivity contribution is -0.0763. The first kappa shape index (κ1) is 9.48. The molecule has 0 atom stereocenters. The first-order chi connectivity index (χ1) is 2.41. The van der Waals surface area contributed by atoms with Crippen LogP contribution in [0, 0.1) is 0 Å². The molecule has 0 bridgehead atoms. The number of ether oxygens (including phenoxy) is 1. The first-order valence-electron chi connectivity index (χ1n) is 1.21. The second-order valence-electron chi connectivity index (χ2n) is 0.462. The van der Waals surface area contributed by atoms with E-state index < -0.39 is 13.6 Å². The Morgan fingerprint density at radius 1 is 1.17 bits per heavy atom. The number of aliphatic hydroxyl groups excluding tert-OH is 2. The second kappa shape index (κ2) is 8.95. The smallest absolute Gasteiger partial charge is 0.146 e. The number of halogens is 1. The molecular formula is C2H7ClO3. The van der Waals surface area contributed by atoms with Crippen LogP contribution in [-0.4, -0.2) is 23.8 Å². The minimum atomic E-state index is -0.406. The molecule has 0 aromatic heterocycles. The van der Waals surface area contributed by atoms with Gasteiger partial charge in [0.25, 0.3) is 0 Å². The van der Waals surface area contributed by atoms with Gasteiger partial charge in [-0.15, -0.1) is 12.4 Å².